The smallest absolute Gasteiger partial charge is 0.287 e. The SMILES string of the molecule is CCOc1cc(/C=N\Nc2cnn(C)c(=O)c2Cl)ccc1OC. The van der Waals surface area contributed by atoms with E-state index in [0.717, 1.165) is 10.2 Å². The lowest BCUT2D eigenvalue weighted by atomic mass is 10.2. The summed E-state index contributed by atoms with van der Waals surface area (Å²) in [4.78, 5) is 11.7. The van der Waals surface area contributed by atoms with Crippen LogP contribution in [0.2, 0.25) is 5.02 Å². The Bertz CT molecular complexity index is 774. The molecule has 7 nitrogen and oxygen atoms in total. The van der Waals surface area contributed by atoms with Gasteiger partial charge < -0.3 is 9.47 Å². The molecule has 1 aromatic carbocycles. The molecule has 0 aliphatic carbocycles. The Morgan fingerprint density at radius 1 is 1.43 bits per heavy atom. The molecule has 8 heteroatoms. The summed E-state index contributed by atoms with van der Waals surface area (Å²) in [7, 11) is 3.10. The second kappa shape index (κ2) is 7.64. The first kappa shape index (κ1) is 16.8. The molecule has 0 unspecified atom stereocenters. The Morgan fingerprint density at radius 2 is 2.22 bits per heavy atom. The summed E-state index contributed by atoms with van der Waals surface area (Å²) in [5.74, 6) is 1.28. The van der Waals surface area contributed by atoms with Gasteiger partial charge in [0.05, 0.1) is 26.1 Å². The van der Waals surface area contributed by atoms with Crippen molar-refractivity contribution in [1.29, 1.82) is 0 Å². The highest BCUT2D eigenvalue weighted by Crippen LogP contribution is 2.27. The average molecular weight is 337 g/mol. The third kappa shape index (κ3) is 4.01. The van der Waals surface area contributed by atoms with E-state index < -0.39 is 5.56 Å². The zero-order valence-electron chi connectivity index (χ0n) is 13.0. The highest BCUT2D eigenvalue weighted by atomic mass is 35.5. The van der Waals surface area contributed by atoms with Gasteiger partial charge in [0.25, 0.3) is 5.56 Å². The quantitative estimate of drug-likeness (QED) is 0.647. The maximum atomic E-state index is 11.7. The molecule has 23 heavy (non-hydrogen) atoms. The van der Waals surface area contributed by atoms with E-state index in [9.17, 15) is 4.79 Å². The summed E-state index contributed by atoms with van der Waals surface area (Å²) in [5.41, 5.74) is 3.44. The lowest BCUT2D eigenvalue weighted by molar-refractivity contribution is 0.311. The molecule has 0 amide bonds. The number of hydrazone groups is 1. The largest absolute Gasteiger partial charge is 0.493 e. The first-order chi connectivity index (χ1) is 11.1. The maximum absolute atomic E-state index is 11.7. The standard InChI is InChI=1S/C15H17ClN4O3/c1-4-23-13-7-10(5-6-12(13)22-3)8-17-19-11-9-18-20(2)15(21)14(11)16/h5-9,19H,4H2,1-3H3/b17-8-. The Hall–Kier alpha value is -2.54. The van der Waals surface area contributed by atoms with Gasteiger partial charge in [0.1, 0.15) is 10.7 Å². The Labute approximate surface area is 138 Å². The first-order valence-corrected chi connectivity index (χ1v) is 7.26. The molecule has 0 atom stereocenters. The fourth-order valence-corrected chi connectivity index (χ4v) is 2.02. The maximum Gasteiger partial charge on any atom is 0.287 e. The number of ether oxygens (including phenoxy) is 2. The molecule has 0 radical (unpaired) electrons. The van der Waals surface area contributed by atoms with Gasteiger partial charge in [-0.3, -0.25) is 10.2 Å². The van der Waals surface area contributed by atoms with Crippen molar-refractivity contribution in [2.75, 3.05) is 19.1 Å². The Morgan fingerprint density at radius 3 is 2.91 bits per heavy atom. The van der Waals surface area contributed by atoms with Gasteiger partial charge in [0, 0.05) is 7.05 Å². The van der Waals surface area contributed by atoms with Gasteiger partial charge in [-0.2, -0.15) is 10.2 Å². The minimum absolute atomic E-state index is 0.0318. The van der Waals surface area contributed by atoms with Gasteiger partial charge in [-0.1, -0.05) is 11.6 Å². The lowest BCUT2D eigenvalue weighted by Crippen LogP contribution is -2.20. The van der Waals surface area contributed by atoms with Gasteiger partial charge in [-0.05, 0) is 30.7 Å². The third-order valence-corrected chi connectivity index (χ3v) is 3.33. The number of nitrogens with one attached hydrogen (secondary N) is 1. The number of nitrogens with zero attached hydrogens (tertiary/aromatic N) is 3. The average Bonchev–Trinajstić information content (AvgIpc) is 2.55. The molecule has 0 spiro atoms. The van der Waals surface area contributed by atoms with Crippen LogP contribution in [0.4, 0.5) is 5.69 Å². The summed E-state index contributed by atoms with van der Waals surface area (Å²) in [5, 5.41) is 7.96. The van der Waals surface area contributed by atoms with E-state index in [2.05, 4.69) is 15.6 Å². The molecule has 0 aliphatic heterocycles. The topological polar surface area (TPSA) is 77.7 Å². The van der Waals surface area contributed by atoms with E-state index in [1.54, 1.807) is 25.5 Å². The summed E-state index contributed by atoms with van der Waals surface area (Å²) in [6, 6.07) is 5.42. The van der Waals surface area contributed by atoms with E-state index in [4.69, 9.17) is 21.1 Å². The van der Waals surface area contributed by atoms with Crippen LogP contribution >= 0.6 is 11.6 Å². The Kier molecular flexibility index (Phi) is 5.59. The zero-order valence-corrected chi connectivity index (χ0v) is 13.8. The van der Waals surface area contributed by atoms with Crippen molar-refractivity contribution in [1.82, 2.24) is 9.78 Å². The molecular formula is C15H17ClN4O3. The second-order valence-electron chi connectivity index (χ2n) is 4.51. The number of halogens is 1. The molecule has 1 aromatic heterocycles. The number of hydrogen-bond acceptors (Lipinski definition) is 6. The van der Waals surface area contributed by atoms with E-state index >= 15 is 0 Å². The van der Waals surface area contributed by atoms with Crippen molar-refractivity contribution in [2.24, 2.45) is 12.1 Å². The van der Waals surface area contributed by atoms with Crippen LogP contribution in [0.25, 0.3) is 0 Å². The molecule has 0 saturated carbocycles. The van der Waals surface area contributed by atoms with Crippen LogP contribution in [0.1, 0.15) is 12.5 Å². The minimum Gasteiger partial charge on any atom is -0.493 e. The second-order valence-corrected chi connectivity index (χ2v) is 4.89. The van der Waals surface area contributed by atoms with Crippen LogP contribution in [0.5, 0.6) is 11.5 Å². The number of anilines is 1. The van der Waals surface area contributed by atoms with Crippen molar-refractivity contribution < 1.29 is 9.47 Å². The molecule has 122 valence electrons. The van der Waals surface area contributed by atoms with E-state index in [0.29, 0.717) is 23.8 Å². The summed E-state index contributed by atoms with van der Waals surface area (Å²) in [6.07, 6.45) is 3.01. The van der Waals surface area contributed by atoms with Crippen molar-refractivity contribution in [3.05, 3.63) is 45.3 Å². The Balaban J connectivity index is 2.16. The molecule has 0 bridgehead atoms. The molecule has 0 aliphatic rings. The summed E-state index contributed by atoms with van der Waals surface area (Å²) < 4.78 is 11.9. The van der Waals surface area contributed by atoms with E-state index in [1.165, 1.54) is 13.2 Å². The van der Waals surface area contributed by atoms with Crippen LogP contribution in [-0.2, 0) is 7.05 Å². The highest BCUT2D eigenvalue weighted by molar-refractivity contribution is 6.32. The van der Waals surface area contributed by atoms with Crippen molar-refractivity contribution >= 4 is 23.5 Å². The van der Waals surface area contributed by atoms with Crippen molar-refractivity contribution in [3.8, 4) is 11.5 Å². The number of methoxy groups -OCH3 is 1. The van der Waals surface area contributed by atoms with Gasteiger partial charge in [0.15, 0.2) is 11.5 Å². The predicted molar refractivity (Wildman–Crippen MR) is 89.9 cm³/mol. The van der Waals surface area contributed by atoms with Crippen LogP contribution in [0.3, 0.4) is 0 Å². The third-order valence-electron chi connectivity index (χ3n) is 2.96. The number of hydrogen-bond donors (Lipinski definition) is 1. The fourth-order valence-electron chi connectivity index (χ4n) is 1.81. The summed E-state index contributed by atoms with van der Waals surface area (Å²) in [6.45, 7) is 2.43. The van der Waals surface area contributed by atoms with Crippen molar-refractivity contribution in [3.63, 3.8) is 0 Å². The fraction of sp³-hybridized carbons (Fsp3) is 0.267. The van der Waals surface area contributed by atoms with Crippen LogP contribution in [-0.4, -0.2) is 29.7 Å². The van der Waals surface area contributed by atoms with Gasteiger partial charge in [-0.15, -0.1) is 0 Å². The normalized spacial score (nSPS) is 10.8. The van der Waals surface area contributed by atoms with Gasteiger partial charge in [-0.25, -0.2) is 4.68 Å². The molecular weight excluding hydrogens is 320 g/mol. The van der Waals surface area contributed by atoms with Gasteiger partial charge in [0.2, 0.25) is 0 Å². The lowest BCUT2D eigenvalue weighted by Gasteiger charge is -2.09. The number of rotatable bonds is 6. The monoisotopic (exact) mass is 336 g/mol. The number of benzene rings is 1. The van der Waals surface area contributed by atoms with Crippen LogP contribution in [0, 0.1) is 0 Å². The molecule has 0 fully saturated rings. The minimum atomic E-state index is -0.394. The molecule has 2 aromatic rings. The first-order valence-electron chi connectivity index (χ1n) is 6.88. The van der Waals surface area contributed by atoms with Crippen LogP contribution in [0.15, 0.2) is 34.3 Å². The van der Waals surface area contributed by atoms with Crippen molar-refractivity contribution in [2.45, 2.75) is 6.92 Å². The zero-order chi connectivity index (χ0) is 16.8. The number of aromatic nitrogens is 2. The summed E-state index contributed by atoms with van der Waals surface area (Å²) >= 11 is 5.94. The number of aryl methyl sites for hydroxylation is 1. The molecule has 0 saturated heterocycles. The molecule has 2 rings (SSSR count). The highest BCUT2D eigenvalue weighted by Gasteiger charge is 2.06. The molecule has 1 N–H and O–H groups in total. The van der Waals surface area contributed by atoms with Gasteiger partial charge >= 0.3 is 0 Å². The van der Waals surface area contributed by atoms with E-state index in [-0.39, 0.29) is 5.02 Å². The van der Waals surface area contributed by atoms with Crippen LogP contribution < -0.4 is 20.5 Å². The molecule has 1 heterocycles. The predicted octanol–water partition coefficient (Wildman–Crippen LogP) is 2.29. The van der Waals surface area contributed by atoms with E-state index in [1.807, 2.05) is 13.0 Å².